The second-order valence-corrected chi connectivity index (χ2v) is 8.35. The molecule has 0 aliphatic carbocycles. The largest absolute Gasteiger partial charge is 0.494 e. The summed E-state index contributed by atoms with van der Waals surface area (Å²) in [6.07, 6.45) is 2.96. The molecule has 2 aliphatic rings. The van der Waals surface area contributed by atoms with E-state index in [1.165, 1.54) is 5.56 Å². The number of pyridine rings is 1. The number of thioether (sulfide) groups is 1. The minimum atomic E-state index is -0.0124. The second-order valence-electron chi connectivity index (χ2n) is 6.45. The summed E-state index contributed by atoms with van der Waals surface area (Å²) in [6.45, 7) is 4.93. The zero-order chi connectivity index (χ0) is 18.1. The average molecular weight is 432 g/mol. The van der Waals surface area contributed by atoms with Crippen molar-refractivity contribution >= 4 is 32.9 Å². The smallest absolute Gasteiger partial charge is 0.160 e. The lowest BCUT2D eigenvalue weighted by atomic mass is 9.94. The van der Waals surface area contributed by atoms with E-state index >= 15 is 0 Å². The first-order chi connectivity index (χ1) is 12.7. The molecule has 3 heterocycles. The van der Waals surface area contributed by atoms with Crippen molar-refractivity contribution in [1.29, 1.82) is 0 Å². The quantitative estimate of drug-likeness (QED) is 0.649. The maximum atomic E-state index is 5.98. The molecule has 1 aromatic heterocycles. The van der Waals surface area contributed by atoms with E-state index in [2.05, 4.69) is 50.9 Å². The van der Waals surface area contributed by atoms with Crippen LogP contribution in [-0.2, 0) is 0 Å². The van der Waals surface area contributed by atoms with Gasteiger partial charge in [-0.25, -0.2) is 0 Å². The Balaban J connectivity index is 1.84. The summed E-state index contributed by atoms with van der Waals surface area (Å²) in [7, 11) is 0. The van der Waals surface area contributed by atoms with Gasteiger partial charge in [0.25, 0.3) is 0 Å². The zero-order valence-electron chi connectivity index (χ0n) is 14.9. The summed E-state index contributed by atoms with van der Waals surface area (Å²) >= 11 is 5.50. The highest BCUT2D eigenvalue weighted by atomic mass is 79.9. The predicted molar refractivity (Wildman–Crippen MR) is 111 cm³/mol. The fraction of sp³-hybridized carbons (Fsp3) is 0.400. The Hall–Kier alpha value is -1.53. The third kappa shape index (κ3) is 3.14. The fourth-order valence-corrected chi connectivity index (χ4v) is 5.44. The van der Waals surface area contributed by atoms with Crippen LogP contribution in [-0.4, -0.2) is 33.5 Å². The Bertz CT molecular complexity index is 814. The molecule has 6 heteroatoms. The molecule has 4 nitrogen and oxygen atoms in total. The topological polar surface area (TPSA) is 37.7 Å². The van der Waals surface area contributed by atoms with Gasteiger partial charge in [-0.05, 0) is 43.7 Å². The highest BCUT2D eigenvalue weighted by Crippen LogP contribution is 2.50. The number of rotatable bonds is 5. The molecule has 26 heavy (non-hydrogen) atoms. The molecule has 0 N–H and O–H groups in total. The average Bonchev–Trinajstić information content (AvgIpc) is 3.23. The molecule has 0 spiro atoms. The Morgan fingerprint density at radius 2 is 2.15 bits per heavy atom. The monoisotopic (exact) mass is 431 g/mol. The number of ether oxygens (including phenoxy) is 1. The molecular weight excluding hydrogens is 410 g/mol. The Morgan fingerprint density at radius 1 is 1.27 bits per heavy atom. The van der Waals surface area contributed by atoms with E-state index in [4.69, 9.17) is 9.73 Å². The van der Waals surface area contributed by atoms with Crippen LogP contribution < -0.4 is 4.74 Å². The number of benzene rings is 1. The summed E-state index contributed by atoms with van der Waals surface area (Å²) < 4.78 is 7.04. The van der Waals surface area contributed by atoms with Crippen LogP contribution in [0.4, 0.5) is 0 Å². The van der Waals surface area contributed by atoms with Crippen LogP contribution in [0.2, 0.25) is 0 Å². The standard InChI is InChI=1S/C20H22BrN3OS/c1-3-14-12-26-20-23-18(16-7-5-6-10-22-16)19(24(14)20)15-11-13(21)8-9-17(15)25-4-2/h5-11,14,18-19H,3-4,12H2,1-2H3/t14-,18-,19-/m1/s1. The molecule has 0 saturated carbocycles. The first kappa shape index (κ1) is 17.9. The van der Waals surface area contributed by atoms with Gasteiger partial charge < -0.3 is 9.64 Å². The van der Waals surface area contributed by atoms with Gasteiger partial charge in [-0.3, -0.25) is 9.98 Å². The van der Waals surface area contributed by atoms with Gasteiger partial charge in [-0.15, -0.1) is 0 Å². The van der Waals surface area contributed by atoms with Crippen molar-refractivity contribution in [2.45, 2.75) is 38.4 Å². The molecule has 0 bridgehead atoms. The molecule has 2 aliphatic heterocycles. The van der Waals surface area contributed by atoms with Crippen molar-refractivity contribution < 1.29 is 4.74 Å². The fourth-order valence-electron chi connectivity index (χ4n) is 3.72. The second kappa shape index (κ2) is 7.61. The number of aromatic nitrogens is 1. The SMILES string of the molecule is CCOc1ccc(Br)cc1[C@@H]1[C@@H](c2ccccn2)N=C2SC[C@@H](CC)N21. The van der Waals surface area contributed by atoms with Crippen LogP contribution in [0, 0.1) is 0 Å². The number of nitrogens with zero attached hydrogens (tertiary/aromatic N) is 3. The van der Waals surface area contributed by atoms with Gasteiger partial charge in [0.1, 0.15) is 11.8 Å². The highest BCUT2D eigenvalue weighted by molar-refractivity contribution is 9.10. The zero-order valence-corrected chi connectivity index (χ0v) is 17.3. The lowest BCUT2D eigenvalue weighted by molar-refractivity contribution is 0.245. The lowest BCUT2D eigenvalue weighted by Crippen LogP contribution is -2.35. The van der Waals surface area contributed by atoms with Crippen molar-refractivity contribution in [1.82, 2.24) is 9.88 Å². The number of fused-ring (bicyclic) bond motifs is 1. The maximum absolute atomic E-state index is 5.98. The molecule has 1 saturated heterocycles. The third-order valence-electron chi connectivity index (χ3n) is 4.92. The Labute approximate surface area is 167 Å². The van der Waals surface area contributed by atoms with Crippen LogP contribution in [0.25, 0.3) is 0 Å². The van der Waals surface area contributed by atoms with Crippen LogP contribution >= 0.6 is 27.7 Å². The minimum Gasteiger partial charge on any atom is -0.494 e. The molecule has 0 amide bonds. The maximum Gasteiger partial charge on any atom is 0.160 e. The highest BCUT2D eigenvalue weighted by Gasteiger charge is 2.46. The summed E-state index contributed by atoms with van der Waals surface area (Å²) in [5.74, 6) is 2.03. The summed E-state index contributed by atoms with van der Waals surface area (Å²) in [6, 6.07) is 12.9. The van der Waals surface area contributed by atoms with E-state index in [0.717, 1.165) is 33.3 Å². The minimum absolute atomic E-state index is 0.0124. The Kier molecular flexibility index (Phi) is 5.23. The van der Waals surface area contributed by atoms with Gasteiger partial charge in [0.05, 0.1) is 18.3 Å². The van der Waals surface area contributed by atoms with Crippen molar-refractivity contribution in [2.75, 3.05) is 12.4 Å². The third-order valence-corrected chi connectivity index (χ3v) is 6.54. The van der Waals surface area contributed by atoms with E-state index < -0.39 is 0 Å². The van der Waals surface area contributed by atoms with Gasteiger partial charge in [-0.1, -0.05) is 40.7 Å². The number of aliphatic imine (C=N–C) groups is 1. The van der Waals surface area contributed by atoms with E-state index in [9.17, 15) is 0 Å². The normalized spacial score (nSPS) is 24.5. The number of hydrogen-bond acceptors (Lipinski definition) is 5. The van der Waals surface area contributed by atoms with Gasteiger partial charge in [0, 0.05) is 28.0 Å². The van der Waals surface area contributed by atoms with Crippen molar-refractivity contribution in [3.8, 4) is 5.75 Å². The van der Waals surface area contributed by atoms with Crippen molar-refractivity contribution in [2.24, 2.45) is 4.99 Å². The molecule has 1 aromatic carbocycles. The van der Waals surface area contributed by atoms with Gasteiger partial charge >= 0.3 is 0 Å². The number of amidine groups is 1. The van der Waals surface area contributed by atoms with Gasteiger partial charge in [0.15, 0.2) is 5.17 Å². The molecule has 4 rings (SSSR count). The summed E-state index contributed by atoms with van der Waals surface area (Å²) in [5.41, 5.74) is 2.19. The Morgan fingerprint density at radius 3 is 2.88 bits per heavy atom. The van der Waals surface area contributed by atoms with Crippen LogP contribution in [0.3, 0.4) is 0 Å². The van der Waals surface area contributed by atoms with Gasteiger partial charge in [-0.2, -0.15) is 0 Å². The number of halogens is 1. The van der Waals surface area contributed by atoms with E-state index in [1.807, 2.05) is 43.1 Å². The molecule has 3 atom stereocenters. The van der Waals surface area contributed by atoms with Crippen molar-refractivity contribution in [3.63, 3.8) is 0 Å². The summed E-state index contributed by atoms with van der Waals surface area (Å²) in [4.78, 5) is 12.2. The van der Waals surface area contributed by atoms with Gasteiger partial charge in [0.2, 0.25) is 0 Å². The molecule has 0 unspecified atom stereocenters. The van der Waals surface area contributed by atoms with Crippen LogP contribution in [0.1, 0.15) is 43.6 Å². The van der Waals surface area contributed by atoms with Crippen LogP contribution in [0.15, 0.2) is 52.1 Å². The van der Waals surface area contributed by atoms with Crippen LogP contribution in [0.5, 0.6) is 5.75 Å². The predicted octanol–water partition coefficient (Wildman–Crippen LogP) is 5.22. The summed E-state index contributed by atoms with van der Waals surface area (Å²) in [5, 5.41) is 1.14. The van der Waals surface area contributed by atoms with E-state index in [0.29, 0.717) is 12.6 Å². The van der Waals surface area contributed by atoms with E-state index in [1.54, 1.807) is 0 Å². The molecular formula is C20H22BrN3OS. The first-order valence-corrected chi connectivity index (χ1v) is 10.8. The number of hydrogen-bond donors (Lipinski definition) is 0. The first-order valence-electron chi connectivity index (χ1n) is 9.05. The van der Waals surface area contributed by atoms with E-state index in [-0.39, 0.29) is 12.1 Å². The molecule has 0 radical (unpaired) electrons. The lowest BCUT2D eigenvalue weighted by Gasteiger charge is -2.32. The molecule has 2 aromatic rings. The molecule has 136 valence electrons. The molecule has 1 fully saturated rings. The van der Waals surface area contributed by atoms with Crippen molar-refractivity contribution in [3.05, 3.63) is 58.3 Å².